The van der Waals surface area contributed by atoms with E-state index in [1.165, 1.54) is 11.3 Å². The lowest BCUT2D eigenvalue weighted by molar-refractivity contribution is 0.0692. The van der Waals surface area contributed by atoms with Crippen LogP contribution in [0, 0.1) is 6.92 Å². The van der Waals surface area contributed by atoms with Gasteiger partial charge in [-0.25, -0.2) is 22.9 Å². The van der Waals surface area contributed by atoms with Crippen LogP contribution in [-0.4, -0.2) is 34.7 Å². The molecule has 0 aliphatic heterocycles. The minimum Gasteiger partial charge on any atom is -0.478 e. The highest BCUT2D eigenvalue weighted by molar-refractivity contribution is 7.89. The van der Waals surface area contributed by atoms with Crippen molar-refractivity contribution in [1.82, 2.24) is 19.9 Å². The largest absolute Gasteiger partial charge is 0.478 e. The van der Waals surface area contributed by atoms with E-state index in [9.17, 15) is 13.2 Å². The molecule has 2 heterocycles. The van der Waals surface area contributed by atoms with Crippen molar-refractivity contribution in [2.45, 2.75) is 18.5 Å². The van der Waals surface area contributed by atoms with Gasteiger partial charge in [0.2, 0.25) is 0 Å². The molecule has 10 heteroatoms. The van der Waals surface area contributed by atoms with Crippen LogP contribution in [0.15, 0.2) is 17.4 Å². The quantitative estimate of drug-likeness (QED) is 0.732. The molecule has 0 amide bonds. The van der Waals surface area contributed by atoms with Crippen molar-refractivity contribution in [1.29, 1.82) is 0 Å². The molecule has 2 aromatic rings. The van der Waals surface area contributed by atoms with Crippen molar-refractivity contribution in [3.05, 3.63) is 27.8 Å². The molecule has 3 N–H and O–H groups in total. The van der Waals surface area contributed by atoms with Crippen molar-refractivity contribution < 1.29 is 18.3 Å². The summed E-state index contributed by atoms with van der Waals surface area (Å²) >= 11 is 1.36. The first-order valence-electron chi connectivity index (χ1n) is 5.08. The van der Waals surface area contributed by atoms with E-state index in [0.717, 1.165) is 16.1 Å². The molecule has 8 nitrogen and oxygen atoms in total. The van der Waals surface area contributed by atoms with Gasteiger partial charge in [0, 0.05) is 17.6 Å². The van der Waals surface area contributed by atoms with Gasteiger partial charge in [-0.2, -0.15) is 5.10 Å². The Kier molecular flexibility index (Phi) is 3.64. The minimum atomic E-state index is -3.95. The first-order chi connectivity index (χ1) is 8.90. The third-order valence-corrected chi connectivity index (χ3v) is 4.49. The van der Waals surface area contributed by atoms with Gasteiger partial charge in [-0.3, -0.25) is 5.10 Å². The lowest BCUT2D eigenvalue weighted by Gasteiger charge is -2.03. The number of thiazole rings is 1. The molecular formula is C9H10N4O4S2. The number of aromatic nitrogens is 3. The zero-order valence-corrected chi connectivity index (χ0v) is 11.4. The summed E-state index contributed by atoms with van der Waals surface area (Å²) in [6.45, 7) is 1.85. The number of carbonyl (C=O) groups is 1. The van der Waals surface area contributed by atoms with Crippen LogP contribution in [0.2, 0.25) is 0 Å². The predicted molar refractivity (Wildman–Crippen MR) is 66.4 cm³/mol. The van der Waals surface area contributed by atoms with E-state index in [-0.39, 0.29) is 6.54 Å². The van der Waals surface area contributed by atoms with E-state index >= 15 is 0 Å². The molecule has 19 heavy (non-hydrogen) atoms. The Labute approximate surface area is 112 Å². The predicted octanol–water partition coefficient (Wildman–Crippen LogP) is 0.351. The van der Waals surface area contributed by atoms with Gasteiger partial charge in [0.1, 0.15) is 5.56 Å². The normalized spacial score (nSPS) is 11.6. The number of nitrogens with zero attached hydrogens (tertiary/aromatic N) is 2. The van der Waals surface area contributed by atoms with Crippen LogP contribution in [0.4, 0.5) is 0 Å². The molecule has 0 aliphatic rings. The van der Waals surface area contributed by atoms with Gasteiger partial charge < -0.3 is 5.11 Å². The monoisotopic (exact) mass is 302 g/mol. The molecule has 0 atom stereocenters. The molecule has 0 saturated heterocycles. The minimum absolute atomic E-state index is 0.0475. The number of aryl methyl sites for hydroxylation is 1. The summed E-state index contributed by atoms with van der Waals surface area (Å²) in [5.41, 5.74) is -0.395. The Morgan fingerprint density at radius 1 is 1.53 bits per heavy atom. The Hall–Kier alpha value is -1.78. The third kappa shape index (κ3) is 2.97. The summed E-state index contributed by atoms with van der Waals surface area (Å²) in [6.07, 6.45) is 2.52. The van der Waals surface area contributed by atoms with E-state index in [4.69, 9.17) is 5.11 Å². The highest BCUT2D eigenvalue weighted by atomic mass is 32.2. The maximum absolute atomic E-state index is 11.9. The fraction of sp³-hybridized carbons (Fsp3) is 0.222. The van der Waals surface area contributed by atoms with E-state index in [2.05, 4.69) is 19.9 Å². The molecule has 0 spiro atoms. The van der Waals surface area contributed by atoms with Crippen molar-refractivity contribution in [3.63, 3.8) is 0 Å². The lowest BCUT2D eigenvalue weighted by Crippen LogP contribution is -2.24. The van der Waals surface area contributed by atoms with Crippen LogP contribution < -0.4 is 4.72 Å². The average molecular weight is 302 g/mol. The van der Waals surface area contributed by atoms with E-state index < -0.39 is 26.6 Å². The van der Waals surface area contributed by atoms with Crippen LogP contribution in [0.5, 0.6) is 0 Å². The standard InChI is InChI=1S/C9H10N4O4S2/c1-5-10-2-6(18-5)3-12-19(16,17)8-7(9(14)15)4-11-13-8/h2,4,12H,3H2,1H3,(H,11,13)(H,14,15). The summed E-state index contributed by atoms with van der Waals surface area (Å²) in [5, 5.41) is 14.8. The molecule has 0 aliphatic carbocycles. The van der Waals surface area contributed by atoms with Crippen LogP contribution in [0.3, 0.4) is 0 Å². The van der Waals surface area contributed by atoms with Crippen LogP contribution in [0.25, 0.3) is 0 Å². The number of rotatable bonds is 5. The summed E-state index contributed by atoms with van der Waals surface area (Å²) in [4.78, 5) is 15.6. The van der Waals surface area contributed by atoms with E-state index in [1.54, 1.807) is 13.1 Å². The topological polar surface area (TPSA) is 125 Å². The molecule has 0 bridgehead atoms. The van der Waals surface area contributed by atoms with Crippen molar-refractivity contribution in [2.75, 3.05) is 0 Å². The zero-order chi connectivity index (χ0) is 14.0. The number of carboxylic acid groups (broad SMARTS) is 1. The zero-order valence-electron chi connectivity index (χ0n) is 9.74. The van der Waals surface area contributed by atoms with Crippen LogP contribution in [-0.2, 0) is 16.6 Å². The second-order valence-electron chi connectivity index (χ2n) is 3.59. The van der Waals surface area contributed by atoms with Gasteiger partial charge in [0.15, 0.2) is 5.03 Å². The highest BCUT2D eigenvalue weighted by Gasteiger charge is 2.24. The lowest BCUT2D eigenvalue weighted by atomic mass is 10.4. The molecule has 2 rings (SSSR count). The SMILES string of the molecule is Cc1ncc(CNS(=O)(=O)c2[nH]ncc2C(=O)O)s1. The number of aromatic amines is 1. The maximum Gasteiger partial charge on any atom is 0.340 e. The fourth-order valence-electron chi connectivity index (χ4n) is 1.36. The van der Waals surface area contributed by atoms with E-state index in [0.29, 0.717) is 0 Å². The van der Waals surface area contributed by atoms with Crippen LogP contribution in [0.1, 0.15) is 20.2 Å². The molecule has 0 aromatic carbocycles. The number of H-pyrrole nitrogens is 1. The second kappa shape index (κ2) is 5.07. The van der Waals surface area contributed by atoms with Gasteiger partial charge in [-0.1, -0.05) is 0 Å². The number of sulfonamides is 1. The van der Waals surface area contributed by atoms with Gasteiger partial charge >= 0.3 is 5.97 Å². The molecule has 0 unspecified atom stereocenters. The fourth-order valence-corrected chi connectivity index (χ4v) is 3.28. The summed E-state index contributed by atoms with van der Waals surface area (Å²) in [7, 11) is -3.95. The van der Waals surface area contributed by atoms with Gasteiger partial charge in [0.05, 0.1) is 11.2 Å². The summed E-state index contributed by atoms with van der Waals surface area (Å²) in [5.74, 6) is -1.36. The number of nitrogens with one attached hydrogen (secondary N) is 2. The molecular weight excluding hydrogens is 292 g/mol. The van der Waals surface area contributed by atoms with Crippen molar-refractivity contribution >= 4 is 27.3 Å². The smallest absolute Gasteiger partial charge is 0.340 e. The molecule has 102 valence electrons. The Morgan fingerprint density at radius 3 is 2.84 bits per heavy atom. The van der Waals surface area contributed by atoms with Crippen molar-refractivity contribution in [3.8, 4) is 0 Å². The Balaban J connectivity index is 2.18. The van der Waals surface area contributed by atoms with Gasteiger partial charge in [0.25, 0.3) is 10.0 Å². The number of aromatic carboxylic acids is 1. The second-order valence-corrected chi connectivity index (χ2v) is 6.61. The molecule has 0 radical (unpaired) electrons. The highest BCUT2D eigenvalue weighted by Crippen LogP contribution is 2.14. The first kappa shape index (κ1) is 13.6. The first-order valence-corrected chi connectivity index (χ1v) is 7.38. The maximum atomic E-state index is 11.9. The summed E-state index contributed by atoms with van der Waals surface area (Å²) in [6, 6.07) is 0. The van der Waals surface area contributed by atoms with Crippen LogP contribution >= 0.6 is 11.3 Å². The Bertz CT molecular complexity index is 703. The summed E-state index contributed by atoms with van der Waals surface area (Å²) < 4.78 is 26.2. The van der Waals surface area contributed by atoms with Crippen molar-refractivity contribution in [2.24, 2.45) is 0 Å². The average Bonchev–Trinajstić information content (AvgIpc) is 2.94. The number of hydrogen-bond donors (Lipinski definition) is 3. The van der Waals surface area contributed by atoms with Gasteiger partial charge in [-0.05, 0) is 6.92 Å². The number of hydrogen-bond acceptors (Lipinski definition) is 6. The van der Waals surface area contributed by atoms with E-state index in [1.807, 2.05) is 0 Å². The number of carboxylic acids is 1. The Morgan fingerprint density at radius 2 is 2.26 bits per heavy atom. The molecule has 0 saturated carbocycles. The molecule has 2 aromatic heterocycles. The molecule has 0 fully saturated rings. The third-order valence-electron chi connectivity index (χ3n) is 2.21. The van der Waals surface area contributed by atoms with Gasteiger partial charge in [-0.15, -0.1) is 11.3 Å².